The molecule has 4 nitrogen and oxygen atoms in total. The van der Waals surface area contributed by atoms with Crippen molar-refractivity contribution in [1.82, 2.24) is 0 Å². The van der Waals surface area contributed by atoms with E-state index in [4.69, 9.17) is 10.5 Å². The van der Waals surface area contributed by atoms with Crippen molar-refractivity contribution in [2.45, 2.75) is 125 Å². The SMILES string of the molecule is CC1(C2CCCC2)OC23CC4CCC(CO)C(N)(C41)C2C#CC1C=CC(c2ccc(O)cc21)C1CC3CC2(CCCC2)C1. The Hall–Kier alpha value is -1.80. The molecule has 2 heterocycles. The molecule has 7 aliphatic carbocycles. The van der Waals surface area contributed by atoms with Gasteiger partial charge in [0.1, 0.15) is 5.75 Å². The van der Waals surface area contributed by atoms with Crippen LogP contribution in [-0.2, 0) is 4.74 Å². The number of aromatic hydroxyl groups is 1. The Bertz CT molecular complexity index is 1390. The molecule has 2 aliphatic heterocycles. The average Bonchev–Trinajstić information content (AvgIpc) is 3.69. The fourth-order valence-corrected chi connectivity index (χ4v) is 13.6. The first-order valence-electron chi connectivity index (χ1n) is 17.9. The zero-order valence-electron chi connectivity index (χ0n) is 26.1. The van der Waals surface area contributed by atoms with Crippen molar-refractivity contribution in [3.05, 3.63) is 41.5 Å². The van der Waals surface area contributed by atoms with E-state index in [1.165, 1.54) is 81.8 Å². The smallest absolute Gasteiger partial charge is 0.115 e. The third-order valence-corrected chi connectivity index (χ3v) is 15.1. The fraction of sp³-hybridized carbons (Fsp3) is 0.744. The lowest BCUT2D eigenvalue weighted by Gasteiger charge is -2.75. The van der Waals surface area contributed by atoms with E-state index in [2.05, 4.69) is 37.0 Å². The number of benzene rings is 1. The zero-order valence-corrected chi connectivity index (χ0v) is 26.1. The summed E-state index contributed by atoms with van der Waals surface area (Å²) in [4.78, 5) is 0. The highest BCUT2D eigenvalue weighted by Gasteiger charge is 2.76. The monoisotopic (exact) mass is 581 g/mol. The highest BCUT2D eigenvalue weighted by molar-refractivity contribution is 5.50. The van der Waals surface area contributed by atoms with Gasteiger partial charge in [-0.3, -0.25) is 0 Å². The maximum atomic E-state index is 11.0. The number of aliphatic hydroxyl groups excluding tert-OH is 1. The molecule has 10 rings (SSSR count). The van der Waals surface area contributed by atoms with Crippen LogP contribution in [0.4, 0.5) is 0 Å². The van der Waals surface area contributed by atoms with Gasteiger partial charge in [0.05, 0.1) is 23.0 Å². The predicted octanol–water partition coefficient (Wildman–Crippen LogP) is 7.19. The summed E-state index contributed by atoms with van der Waals surface area (Å²) in [6.45, 7) is 2.61. The molecule has 230 valence electrons. The predicted molar refractivity (Wildman–Crippen MR) is 168 cm³/mol. The standard InChI is InChI=1S/C39H51NO3/c1-36(27-6-2-3-7-27)35-25-8-11-28(23-41)39(35,40)34-15-10-24-9-13-31(32-14-12-30(42)19-33(24)32)26-18-29(38(34,21-25)43-36)22-37(20-26)16-4-5-17-37/h9,12-14,19,24-29,31,34-35,41-42H,2-8,11,16-18,20-23,40H2,1H3. The topological polar surface area (TPSA) is 75.7 Å². The lowest BCUT2D eigenvalue weighted by molar-refractivity contribution is -0.359. The molecule has 1 aromatic rings. The second-order valence-corrected chi connectivity index (χ2v) is 16.9. The van der Waals surface area contributed by atoms with Gasteiger partial charge in [0.25, 0.3) is 0 Å². The van der Waals surface area contributed by atoms with E-state index in [0.29, 0.717) is 40.8 Å². The van der Waals surface area contributed by atoms with Crippen LogP contribution in [0.3, 0.4) is 0 Å². The first kappa shape index (κ1) is 27.5. The molecule has 8 bridgehead atoms. The van der Waals surface area contributed by atoms with Crippen molar-refractivity contribution < 1.29 is 14.9 Å². The minimum atomic E-state index is -0.550. The minimum Gasteiger partial charge on any atom is -0.508 e. The summed E-state index contributed by atoms with van der Waals surface area (Å²) in [5, 5.41) is 21.6. The van der Waals surface area contributed by atoms with Crippen LogP contribution in [0, 0.1) is 58.7 Å². The van der Waals surface area contributed by atoms with E-state index in [1.54, 1.807) is 0 Å². The molecule has 5 saturated carbocycles. The average molecular weight is 582 g/mol. The van der Waals surface area contributed by atoms with Gasteiger partial charge in [0, 0.05) is 29.9 Å². The minimum absolute atomic E-state index is 0.0500. The Kier molecular flexibility index (Phi) is 5.99. The van der Waals surface area contributed by atoms with Gasteiger partial charge in [-0.1, -0.05) is 55.7 Å². The molecule has 2 saturated heterocycles. The number of ether oxygens (including phenoxy) is 1. The summed E-state index contributed by atoms with van der Waals surface area (Å²) in [6, 6.07) is 6.07. The van der Waals surface area contributed by atoms with Gasteiger partial charge in [-0.25, -0.2) is 0 Å². The van der Waals surface area contributed by atoms with Crippen molar-refractivity contribution >= 4 is 0 Å². The molecular formula is C39H51NO3. The maximum Gasteiger partial charge on any atom is 0.115 e. The number of phenols is 1. The molecular weight excluding hydrogens is 530 g/mol. The molecule has 9 aliphatic rings. The van der Waals surface area contributed by atoms with E-state index in [-0.39, 0.29) is 41.5 Å². The van der Waals surface area contributed by atoms with E-state index in [1.807, 2.05) is 12.1 Å². The fourth-order valence-electron chi connectivity index (χ4n) is 13.6. The number of hydrogen-bond donors (Lipinski definition) is 3. The Balaban J connectivity index is 1.29. The van der Waals surface area contributed by atoms with Crippen LogP contribution in [0.2, 0.25) is 0 Å². The molecule has 2 spiro atoms. The number of allylic oxidation sites excluding steroid dienone is 2. The first-order chi connectivity index (χ1) is 20.8. The molecule has 4 N–H and O–H groups in total. The van der Waals surface area contributed by atoms with Crippen molar-refractivity contribution in [3.63, 3.8) is 0 Å². The molecule has 1 aromatic carbocycles. The van der Waals surface area contributed by atoms with Crippen LogP contribution < -0.4 is 5.73 Å². The van der Waals surface area contributed by atoms with E-state index < -0.39 is 5.54 Å². The summed E-state index contributed by atoms with van der Waals surface area (Å²) >= 11 is 0. The van der Waals surface area contributed by atoms with Crippen molar-refractivity contribution in [3.8, 4) is 17.6 Å². The van der Waals surface area contributed by atoms with E-state index in [9.17, 15) is 10.2 Å². The number of nitrogens with two attached hydrogens (primary N) is 1. The Morgan fingerprint density at radius 2 is 1.72 bits per heavy atom. The van der Waals surface area contributed by atoms with Crippen molar-refractivity contribution in [2.75, 3.05) is 6.61 Å². The van der Waals surface area contributed by atoms with Crippen LogP contribution >= 0.6 is 0 Å². The van der Waals surface area contributed by atoms with Gasteiger partial charge < -0.3 is 20.7 Å². The maximum absolute atomic E-state index is 11.0. The van der Waals surface area contributed by atoms with Crippen molar-refractivity contribution in [1.29, 1.82) is 0 Å². The lowest BCUT2D eigenvalue weighted by Crippen LogP contribution is -2.84. The molecule has 43 heavy (non-hydrogen) atoms. The molecule has 4 heteroatoms. The molecule has 0 aromatic heterocycles. The highest BCUT2D eigenvalue weighted by atomic mass is 16.5. The Labute approximate surface area is 258 Å². The first-order valence-corrected chi connectivity index (χ1v) is 17.9. The molecule has 0 amide bonds. The second-order valence-electron chi connectivity index (χ2n) is 16.9. The molecule has 11 atom stereocenters. The summed E-state index contributed by atoms with van der Waals surface area (Å²) in [5.41, 5.74) is 9.79. The number of hydrogen-bond acceptors (Lipinski definition) is 4. The zero-order chi connectivity index (χ0) is 29.2. The van der Waals surface area contributed by atoms with Crippen LogP contribution in [0.5, 0.6) is 5.75 Å². The number of aliphatic hydroxyl groups is 1. The third-order valence-electron chi connectivity index (χ3n) is 15.1. The van der Waals surface area contributed by atoms with Crippen LogP contribution in [0.15, 0.2) is 30.4 Å². The highest BCUT2D eigenvalue weighted by Crippen LogP contribution is 2.71. The van der Waals surface area contributed by atoms with E-state index in [0.717, 1.165) is 19.3 Å². The summed E-state index contributed by atoms with van der Waals surface area (Å²) < 4.78 is 7.97. The van der Waals surface area contributed by atoms with Gasteiger partial charge in [-0.05, 0) is 123 Å². The Morgan fingerprint density at radius 3 is 2.51 bits per heavy atom. The number of fused-ring (bicyclic) bond motifs is 9. The molecule has 0 radical (unpaired) electrons. The van der Waals surface area contributed by atoms with Gasteiger partial charge >= 0.3 is 0 Å². The third kappa shape index (κ3) is 3.63. The van der Waals surface area contributed by atoms with Crippen LogP contribution in [0.25, 0.3) is 0 Å². The van der Waals surface area contributed by atoms with Gasteiger partial charge in [-0.15, -0.1) is 0 Å². The Morgan fingerprint density at radius 1 is 0.907 bits per heavy atom. The van der Waals surface area contributed by atoms with Gasteiger partial charge in [0.2, 0.25) is 0 Å². The largest absolute Gasteiger partial charge is 0.508 e. The van der Waals surface area contributed by atoms with E-state index >= 15 is 0 Å². The van der Waals surface area contributed by atoms with Crippen LogP contribution in [-0.4, -0.2) is 33.6 Å². The van der Waals surface area contributed by atoms with Crippen molar-refractivity contribution in [2.24, 2.45) is 52.6 Å². The van der Waals surface area contributed by atoms with Crippen LogP contribution in [0.1, 0.15) is 120 Å². The normalized spacial score (nSPS) is 48.8. The number of phenolic OH excluding ortho intramolecular Hbond substituents is 1. The lowest BCUT2D eigenvalue weighted by atomic mass is 9.39. The van der Waals surface area contributed by atoms with Gasteiger partial charge in [-0.2, -0.15) is 0 Å². The summed E-state index contributed by atoms with van der Waals surface area (Å²) in [6.07, 6.45) is 22.3. The summed E-state index contributed by atoms with van der Waals surface area (Å²) in [7, 11) is 0. The molecule has 7 fully saturated rings. The summed E-state index contributed by atoms with van der Waals surface area (Å²) in [5.74, 6) is 10.7. The molecule has 11 unspecified atom stereocenters. The quantitative estimate of drug-likeness (QED) is 0.255. The number of rotatable bonds is 2. The second kappa shape index (κ2) is 9.37. The van der Waals surface area contributed by atoms with Gasteiger partial charge in [0.15, 0.2) is 0 Å².